The molecule has 2 atom stereocenters. The SMILES string of the molecule is FC(F)(F)c1ccnc(N2CCCC(C3CCCN3)C2)n1. The first-order valence-corrected chi connectivity index (χ1v) is 7.42. The smallest absolute Gasteiger partial charge is 0.340 e. The lowest BCUT2D eigenvalue weighted by Gasteiger charge is -2.35. The maximum atomic E-state index is 12.7. The van der Waals surface area contributed by atoms with Crippen molar-refractivity contribution in [1.82, 2.24) is 15.3 Å². The highest BCUT2D eigenvalue weighted by atomic mass is 19.4. The number of nitrogens with zero attached hydrogens (tertiary/aromatic N) is 3. The Bertz CT molecular complexity index is 485. The molecule has 116 valence electrons. The highest BCUT2D eigenvalue weighted by Gasteiger charge is 2.34. The van der Waals surface area contributed by atoms with Crippen LogP contribution < -0.4 is 10.2 Å². The largest absolute Gasteiger partial charge is 0.433 e. The van der Waals surface area contributed by atoms with Gasteiger partial charge in [-0.15, -0.1) is 0 Å². The zero-order chi connectivity index (χ0) is 14.9. The van der Waals surface area contributed by atoms with Crippen molar-refractivity contribution in [2.75, 3.05) is 24.5 Å². The van der Waals surface area contributed by atoms with Gasteiger partial charge < -0.3 is 10.2 Å². The van der Waals surface area contributed by atoms with Gasteiger partial charge in [0.2, 0.25) is 5.95 Å². The fourth-order valence-corrected chi connectivity index (χ4v) is 3.29. The van der Waals surface area contributed by atoms with Gasteiger partial charge in [0.05, 0.1) is 0 Å². The molecule has 0 radical (unpaired) electrons. The highest BCUT2D eigenvalue weighted by Crippen LogP contribution is 2.30. The van der Waals surface area contributed by atoms with E-state index in [0.717, 1.165) is 45.0 Å². The average molecular weight is 300 g/mol. The Morgan fingerprint density at radius 2 is 2.10 bits per heavy atom. The Hall–Kier alpha value is -1.37. The molecule has 2 fully saturated rings. The van der Waals surface area contributed by atoms with Crippen LogP contribution in [-0.2, 0) is 6.18 Å². The predicted octanol–water partition coefficient (Wildman–Crippen LogP) is 2.46. The van der Waals surface area contributed by atoms with Crippen molar-refractivity contribution in [1.29, 1.82) is 0 Å². The monoisotopic (exact) mass is 300 g/mol. The average Bonchev–Trinajstić information content (AvgIpc) is 3.01. The van der Waals surface area contributed by atoms with Crippen LogP contribution in [0.5, 0.6) is 0 Å². The van der Waals surface area contributed by atoms with Crippen molar-refractivity contribution in [2.24, 2.45) is 5.92 Å². The van der Waals surface area contributed by atoms with Crippen molar-refractivity contribution in [3.8, 4) is 0 Å². The van der Waals surface area contributed by atoms with Crippen molar-refractivity contribution in [3.05, 3.63) is 18.0 Å². The molecule has 2 saturated heterocycles. The van der Waals surface area contributed by atoms with Crippen LogP contribution in [0.4, 0.5) is 19.1 Å². The minimum atomic E-state index is -4.42. The van der Waals surface area contributed by atoms with Crippen LogP contribution in [0, 0.1) is 5.92 Å². The van der Waals surface area contributed by atoms with Crippen LogP contribution in [-0.4, -0.2) is 35.6 Å². The van der Waals surface area contributed by atoms with Crippen molar-refractivity contribution in [2.45, 2.75) is 37.9 Å². The van der Waals surface area contributed by atoms with E-state index in [4.69, 9.17) is 0 Å². The third-order valence-corrected chi connectivity index (χ3v) is 4.34. The summed E-state index contributed by atoms with van der Waals surface area (Å²) in [6.45, 7) is 2.50. The van der Waals surface area contributed by atoms with Gasteiger partial charge in [-0.3, -0.25) is 0 Å². The summed E-state index contributed by atoms with van der Waals surface area (Å²) < 4.78 is 38.2. The van der Waals surface area contributed by atoms with Gasteiger partial charge >= 0.3 is 6.18 Å². The van der Waals surface area contributed by atoms with Gasteiger partial charge in [-0.1, -0.05) is 0 Å². The second kappa shape index (κ2) is 5.79. The zero-order valence-corrected chi connectivity index (χ0v) is 11.7. The van der Waals surface area contributed by atoms with Gasteiger partial charge in [-0.05, 0) is 44.2 Å². The van der Waals surface area contributed by atoms with E-state index in [0.29, 0.717) is 12.0 Å². The molecule has 1 N–H and O–H groups in total. The summed E-state index contributed by atoms with van der Waals surface area (Å²) in [6.07, 6.45) is 1.21. The highest BCUT2D eigenvalue weighted by molar-refractivity contribution is 5.32. The van der Waals surface area contributed by atoms with Gasteiger partial charge in [-0.2, -0.15) is 13.2 Å². The number of piperidine rings is 1. The fraction of sp³-hybridized carbons (Fsp3) is 0.714. The first-order chi connectivity index (χ1) is 10.0. The Morgan fingerprint density at radius 3 is 2.81 bits per heavy atom. The molecule has 2 unspecified atom stereocenters. The molecule has 0 saturated carbocycles. The Balaban J connectivity index is 1.74. The molecule has 7 heteroatoms. The quantitative estimate of drug-likeness (QED) is 0.911. The van der Waals surface area contributed by atoms with E-state index in [1.54, 1.807) is 0 Å². The van der Waals surface area contributed by atoms with Crippen LogP contribution in [0.1, 0.15) is 31.4 Å². The molecule has 2 aliphatic rings. The fourth-order valence-electron chi connectivity index (χ4n) is 3.29. The summed E-state index contributed by atoms with van der Waals surface area (Å²) in [7, 11) is 0. The molecule has 0 amide bonds. The molecule has 2 aliphatic heterocycles. The molecule has 1 aromatic heterocycles. The number of aromatic nitrogens is 2. The molecular formula is C14H19F3N4. The molecule has 0 bridgehead atoms. The lowest BCUT2D eigenvalue weighted by molar-refractivity contribution is -0.141. The van der Waals surface area contributed by atoms with Gasteiger partial charge in [-0.25, -0.2) is 9.97 Å². The van der Waals surface area contributed by atoms with E-state index in [2.05, 4.69) is 15.3 Å². The van der Waals surface area contributed by atoms with Crippen LogP contribution in [0.3, 0.4) is 0 Å². The number of anilines is 1. The molecule has 3 rings (SSSR count). The van der Waals surface area contributed by atoms with Gasteiger partial charge in [0.25, 0.3) is 0 Å². The van der Waals surface area contributed by atoms with Crippen molar-refractivity contribution < 1.29 is 13.2 Å². The number of rotatable bonds is 2. The third kappa shape index (κ3) is 3.28. The van der Waals surface area contributed by atoms with E-state index in [1.165, 1.54) is 12.6 Å². The molecule has 0 aliphatic carbocycles. The second-order valence-electron chi connectivity index (χ2n) is 5.79. The summed E-state index contributed by atoms with van der Waals surface area (Å²) in [5, 5.41) is 3.49. The lowest BCUT2D eigenvalue weighted by Crippen LogP contribution is -2.44. The third-order valence-electron chi connectivity index (χ3n) is 4.34. The predicted molar refractivity (Wildman–Crippen MR) is 73.0 cm³/mol. The zero-order valence-electron chi connectivity index (χ0n) is 11.7. The normalized spacial score (nSPS) is 27.1. The Morgan fingerprint density at radius 1 is 1.24 bits per heavy atom. The van der Waals surface area contributed by atoms with Gasteiger partial charge in [0.1, 0.15) is 5.69 Å². The molecule has 3 heterocycles. The van der Waals surface area contributed by atoms with Crippen LogP contribution in [0.15, 0.2) is 12.3 Å². The molecule has 4 nitrogen and oxygen atoms in total. The summed E-state index contributed by atoms with van der Waals surface area (Å²) in [5.41, 5.74) is -0.867. The summed E-state index contributed by atoms with van der Waals surface area (Å²) in [6, 6.07) is 1.40. The minimum Gasteiger partial charge on any atom is -0.340 e. The van der Waals surface area contributed by atoms with Crippen LogP contribution in [0.2, 0.25) is 0 Å². The number of halogens is 3. The van der Waals surface area contributed by atoms with E-state index >= 15 is 0 Å². The molecule has 1 aromatic rings. The molecular weight excluding hydrogens is 281 g/mol. The topological polar surface area (TPSA) is 41.1 Å². The van der Waals surface area contributed by atoms with Gasteiger partial charge in [0, 0.05) is 25.3 Å². The number of alkyl halides is 3. The number of nitrogens with one attached hydrogen (secondary N) is 1. The van der Waals surface area contributed by atoms with E-state index in [9.17, 15) is 13.2 Å². The standard InChI is InChI=1S/C14H19F3N4/c15-14(16,17)12-5-7-19-13(20-12)21-8-2-3-10(9-21)11-4-1-6-18-11/h5,7,10-11,18H,1-4,6,8-9H2. The molecule has 0 spiro atoms. The Kier molecular flexibility index (Phi) is 4.01. The Labute approximate surface area is 121 Å². The molecule has 21 heavy (non-hydrogen) atoms. The van der Waals surface area contributed by atoms with Crippen LogP contribution >= 0.6 is 0 Å². The summed E-state index contributed by atoms with van der Waals surface area (Å²) in [4.78, 5) is 9.62. The minimum absolute atomic E-state index is 0.201. The molecule has 0 aromatic carbocycles. The van der Waals surface area contributed by atoms with Crippen molar-refractivity contribution in [3.63, 3.8) is 0 Å². The maximum absolute atomic E-state index is 12.7. The second-order valence-corrected chi connectivity index (χ2v) is 5.79. The van der Waals surface area contributed by atoms with Crippen molar-refractivity contribution >= 4 is 5.95 Å². The number of hydrogen-bond acceptors (Lipinski definition) is 4. The van der Waals surface area contributed by atoms with Crippen LogP contribution in [0.25, 0.3) is 0 Å². The summed E-state index contributed by atoms with van der Waals surface area (Å²) >= 11 is 0. The summed E-state index contributed by atoms with van der Waals surface area (Å²) in [5.74, 6) is 0.673. The van der Waals surface area contributed by atoms with E-state index in [1.807, 2.05) is 4.90 Å². The lowest BCUT2D eigenvalue weighted by atomic mass is 9.90. The van der Waals surface area contributed by atoms with Gasteiger partial charge in [0.15, 0.2) is 0 Å². The van der Waals surface area contributed by atoms with E-state index < -0.39 is 11.9 Å². The number of hydrogen-bond donors (Lipinski definition) is 1. The first kappa shape index (κ1) is 14.6. The first-order valence-electron chi connectivity index (χ1n) is 7.42. The maximum Gasteiger partial charge on any atom is 0.433 e. The van der Waals surface area contributed by atoms with E-state index in [-0.39, 0.29) is 5.95 Å².